The van der Waals surface area contributed by atoms with Crippen LogP contribution in [0.1, 0.15) is 89.2 Å². The van der Waals surface area contributed by atoms with Crippen molar-refractivity contribution >= 4 is 5.78 Å². The first-order valence-corrected chi connectivity index (χ1v) is 10.7. The summed E-state index contributed by atoms with van der Waals surface area (Å²) in [4.78, 5) is 12.8. The van der Waals surface area contributed by atoms with E-state index in [2.05, 4.69) is 45.0 Å². The summed E-state index contributed by atoms with van der Waals surface area (Å²) in [6, 6.07) is 8.99. The van der Waals surface area contributed by atoms with E-state index in [9.17, 15) is 4.79 Å². The van der Waals surface area contributed by atoms with E-state index in [1.165, 1.54) is 56.1 Å². The lowest BCUT2D eigenvalue weighted by molar-refractivity contribution is -0.125. The highest BCUT2D eigenvalue weighted by Gasteiger charge is 2.28. The summed E-state index contributed by atoms with van der Waals surface area (Å²) in [7, 11) is 0. The monoisotopic (exact) mass is 340 g/mol. The Morgan fingerprint density at radius 2 is 1.40 bits per heavy atom. The van der Waals surface area contributed by atoms with E-state index in [0.29, 0.717) is 11.7 Å². The Morgan fingerprint density at radius 3 is 1.96 bits per heavy atom. The molecule has 0 radical (unpaired) electrons. The molecule has 2 aliphatic carbocycles. The molecule has 0 aromatic heterocycles. The van der Waals surface area contributed by atoms with Gasteiger partial charge in [-0.1, -0.05) is 70.7 Å². The summed E-state index contributed by atoms with van der Waals surface area (Å²) in [5, 5.41) is 0. The molecule has 1 aromatic rings. The smallest absolute Gasteiger partial charge is 0.143 e. The lowest BCUT2D eigenvalue weighted by Crippen LogP contribution is -2.24. The summed E-state index contributed by atoms with van der Waals surface area (Å²) in [5.74, 6) is 3.43. The minimum Gasteiger partial charge on any atom is -0.299 e. The van der Waals surface area contributed by atoms with Crippen molar-refractivity contribution in [3.05, 3.63) is 35.4 Å². The fourth-order valence-corrected chi connectivity index (χ4v) is 4.87. The molecule has 1 atom stereocenters. The first-order chi connectivity index (χ1) is 12.0. The number of ketones is 1. The first-order valence-electron chi connectivity index (χ1n) is 10.7. The zero-order chi connectivity index (χ0) is 17.8. The predicted octanol–water partition coefficient (Wildman–Crippen LogP) is 6.55. The van der Waals surface area contributed by atoms with Crippen LogP contribution in [0, 0.1) is 23.7 Å². The van der Waals surface area contributed by atoms with Crippen molar-refractivity contribution in [2.75, 3.05) is 0 Å². The molecule has 1 aromatic carbocycles. The topological polar surface area (TPSA) is 17.1 Å². The van der Waals surface area contributed by atoms with Crippen LogP contribution in [0.3, 0.4) is 0 Å². The summed E-state index contributed by atoms with van der Waals surface area (Å²) < 4.78 is 0. The second-order valence-corrected chi connectivity index (χ2v) is 9.15. The average Bonchev–Trinajstić information content (AvgIpc) is 2.64. The molecule has 2 saturated carbocycles. The average molecular weight is 341 g/mol. The molecule has 2 aliphatic rings. The van der Waals surface area contributed by atoms with Crippen LogP contribution < -0.4 is 0 Å². The molecular formula is C24H36O. The maximum absolute atomic E-state index is 12.8. The van der Waals surface area contributed by atoms with Crippen molar-refractivity contribution in [1.29, 1.82) is 0 Å². The molecule has 0 N–H and O–H groups in total. The summed E-state index contributed by atoms with van der Waals surface area (Å²) in [6.07, 6.45) is 11.4. The number of hydrogen-bond donors (Lipinski definition) is 0. The first kappa shape index (κ1) is 18.7. The van der Waals surface area contributed by atoms with Gasteiger partial charge in [0.1, 0.15) is 5.78 Å². The molecule has 1 heteroatoms. The molecule has 0 amide bonds. The zero-order valence-corrected chi connectivity index (χ0v) is 16.5. The third kappa shape index (κ3) is 4.96. The van der Waals surface area contributed by atoms with Crippen LogP contribution in [0.4, 0.5) is 0 Å². The van der Waals surface area contributed by atoms with Crippen LogP contribution in [-0.4, -0.2) is 5.78 Å². The predicted molar refractivity (Wildman–Crippen MR) is 106 cm³/mol. The van der Waals surface area contributed by atoms with E-state index in [1.807, 2.05) is 0 Å². The van der Waals surface area contributed by atoms with Crippen molar-refractivity contribution < 1.29 is 4.79 Å². The van der Waals surface area contributed by atoms with Gasteiger partial charge in [-0.25, -0.2) is 0 Å². The van der Waals surface area contributed by atoms with Gasteiger partial charge in [0.2, 0.25) is 0 Å². The summed E-state index contributed by atoms with van der Waals surface area (Å²) in [6.45, 7) is 6.81. The van der Waals surface area contributed by atoms with Gasteiger partial charge in [0.25, 0.3) is 0 Å². The lowest BCUT2D eigenvalue weighted by Gasteiger charge is -2.27. The van der Waals surface area contributed by atoms with Crippen molar-refractivity contribution in [1.82, 2.24) is 0 Å². The molecule has 0 heterocycles. The van der Waals surface area contributed by atoms with Crippen LogP contribution in [0.25, 0.3) is 0 Å². The third-order valence-electron chi connectivity index (χ3n) is 6.98. The fraction of sp³-hybridized carbons (Fsp3) is 0.708. The van der Waals surface area contributed by atoms with Crippen molar-refractivity contribution in [3.8, 4) is 0 Å². The molecular weight excluding hydrogens is 304 g/mol. The van der Waals surface area contributed by atoms with Gasteiger partial charge in [-0.05, 0) is 61.0 Å². The van der Waals surface area contributed by atoms with Gasteiger partial charge in [0, 0.05) is 11.8 Å². The van der Waals surface area contributed by atoms with Crippen LogP contribution >= 0.6 is 0 Å². The number of hydrogen-bond acceptors (Lipinski definition) is 1. The minimum atomic E-state index is 0.0583. The van der Waals surface area contributed by atoms with Gasteiger partial charge < -0.3 is 0 Å². The highest BCUT2D eigenvalue weighted by atomic mass is 16.1. The van der Waals surface area contributed by atoms with Gasteiger partial charge in [0.05, 0.1) is 0 Å². The number of rotatable bonds is 5. The van der Waals surface area contributed by atoms with Crippen LogP contribution in [0.15, 0.2) is 24.3 Å². The lowest BCUT2D eigenvalue weighted by atomic mass is 9.76. The zero-order valence-electron chi connectivity index (χ0n) is 16.5. The van der Waals surface area contributed by atoms with Crippen LogP contribution in [-0.2, 0) is 11.2 Å². The van der Waals surface area contributed by atoms with Gasteiger partial charge in [0.15, 0.2) is 0 Å². The maximum atomic E-state index is 12.8. The van der Waals surface area contributed by atoms with E-state index in [4.69, 9.17) is 0 Å². The second-order valence-electron chi connectivity index (χ2n) is 9.15. The molecule has 0 aliphatic heterocycles. The number of Topliss-reactive ketones (excluding diaryl/α,β-unsaturated/α-hetero) is 1. The van der Waals surface area contributed by atoms with Crippen LogP contribution in [0.5, 0.6) is 0 Å². The SMILES string of the molecule is CC1CCC(Cc2ccc(C(C)C(=O)C3CCC(C)CC3)cc2)CC1. The van der Waals surface area contributed by atoms with Crippen LogP contribution in [0.2, 0.25) is 0 Å². The Hall–Kier alpha value is -1.11. The van der Waals surface area contributed by atoms with Crippen molar-refractivity contribution in [3.63, 3.8) is 0 Å². The van der Waals surface area contributed by atoms with Gasteiger partial charge in [-0.3, -0.25) is 4.79 Å². The molecule has 0 saturated heterocycles. The standard InChI is InChI=1S/C24H36O/c1-17-4-8-20(9-5-17)16-21-10-14-22(15-11-21)19(3)24(25)23-12-6-18(2)7-13-23/h10-11,14-15,17-20,23H,4-9,12-13,16H2,1-3H3. The fourth-order valence-electron chi connectivity index (χ4n) is 4.87. The normalized spacial score (nSPS) is 31.5. The van der Waals surface area contributed by atoms with Crippen molar-refractivity contribution in [2.24, 2.45) is 23.7 Å². The quantitative estimate of drug-likeness (QED) is 0.593. The van der Waals surface area contributed by atoms with Gasteiger partial charge in [-0.2, -0.15) is 0 Å². The minimum absolute atomic E-state index is 0.0583. The summed E-state index contributed by atoms with van der Waals surface area (Å²) in [5.41, 5.74) is 2.67. The Kier molecular flexibility index (Phi) is 6.36. The maximum Gasteiger partial charge on any atom is 0.143 e. The van der Waals surface area contributed by atoms with Gasteiger partial charge >= 0.3 is 0 Å². The van der Waals surface area contributed by atoms with E-state index >= 15 is 0 Å². The highest BCUT2D eigenvalue weighted by molar-refractivity contribution is 5.87. The highest BCUT2D eigenvalue weighted by Crippen LogP contribution is 2.34. The van der Waals surface area contributed by atoms with Gasteiger partial charge in [-0.15, -0.1) is 0 Å². The van der Waals surface area contributed by atoms with E-state index in [0.717, 1.165) is 30.6 Å². The van der Waals surface area contributed by atoms with E-state index in [1.54, 1.807) is 0 Å². The van der Waals surface area contributed by atoms with E-state index in [-0.39, 0.29) is 5.92 Å². The number of carbonyl (C=O) groups is 1. The van der Waals surface area contributed by atoms with E-state index < -0.39 is 0 Å². The Balaban J connectivity index is 1.55. The third-order valence-corrected chi connectivity index (χ3v) is 6.98. The molecule has 3 rings (SSSR count). The molecule has 25 heavy (non-hydrogen) atoms. The van der Waals surface area contributed by atoms with Crippen molar-refractivity contribution in [2.45, 2.75) is 84.5 Å². The molecule has 0 spiro atoms. The largest absolute Gasteiger partial charge is 0.299 e. The molecule has 2 fully saturated rings. The number of carbonyl (C=O) groups excluding carboxylic acids is 1. The molecule has 0 bridgehead atoms. The molecule has 138 valence electrons. The second kappa shape index (κ2) is 8.52. The summed E-state index contributed by atoms with van der Waals surface area (Å²) >= 11 is 0. The molecule has 1 nitrogen and oxygen atoms in total. The Morgan fingerprint density at radius 1 is 0.880 bits per heavy atom. The Bertz CT molecular complexity index is 542. The Labute approximate surface area is 154 Å². The molecule has 1 unspecified atom stereocenters. The number of benzene rings is 1.